The summed E-state index contributed by atoms with van der Waals surface area (Å²) in [4.78, 5) is 30.3. The Hall–Kier alpha value is -2.32. The van der Waals surface area contributed by atoms with Gasteiger partial charge in [-0.1, -0.05) is 23.9 Å². The van der Waals surface area contributed by atoms with Gasteiger partial charge in [0.05, 0.1) is 5.75 Å². The summed E-state index contributed by atoms with van der Waals surface area (Å²) in [5.74, 6) is -0.0790. The van der Waals surface area contributed by atoms with E-state index in [-0.39, 0.29) is 33.8 Å². The number of carbonyl (C=O) groups is 1. The molecule has 0 aliphatic rings. The highest BCUT2D eigenvalue weighted by Gasteiger charge is 2.18. The Balaban J connectivity index is 1.81. The molecule has 0 radical (unpaired) electrons. The lowest BCUT2D eigenvalue weighted by atomic mass is 10.2. The Labute approximate surface area is 133 Å². The first-order valence-corrected chi connectivity index (χ1v) is 8.08. The maximum absolute atomic E-state index is 12.3. The molecule has 4 N–H and O–H groups in total. The van der Waals surface area contributed by atoms with Gasteiger partial charge in [-0.15, -0.1) is 11.3 Å². The number of thioether (sulfide) groups is 1. The van der Waals surface area contributed by atoms with E-state index in [4.69, 9.17) is 5.73 Å². The van der Waals surface area contributed by atoms with Crippen LogP contribution in [-0.4, -0.2) is 26.6 Å². The van der Waals surface area contributed by atoms with Crippen LogP contribution in [-0.2, 0) is 0 Å². The van der Waals surface area contributed by atoms with Gasteiger partial charge in [0, 0.05) is 16.2 Å². The number of nitrogens with one attached hydrogen (secondary N) is 1. The lowest BCUT2D eigenvalue weighted by Crippen LogP contribution is -2.10. The molecule has 3 aromatic rings. The molecule has 0 unspecified atom stereocenters. The standard InChI is InChI=1S/C14H11N3O3S2/c15-10-5-11(19)17-14(16-10)21-6-8(18)13-12(20)7-3-1-2-4-9(7)22-13/h1-5,20H,6H2,(H3,15,16,17,19). The van der Waals surface area contributed by atoms with Crippen LogP contribution in [0.15, 0.2) is 40.3 Å². The SMILES string of the molecule is Nc1cc(=O)[nH]c(SCC(=O)c2sc3ccccc3c2O)n1. The van der Waals surface area contributed by atoms with Gasteiger partial charge in [-0.3, -0.25) is 9.59 Å². The van der Waals surface area contributed by atoms with E-state index in [0.717, 1.165) is 16.5 Å². The molecule has 0 amide bonds. The number of ketones is 1. The second-order valence-electron chi connectivity index (χ2n) is 4.46. The second-order valence-corrected chi connectivity index (χ2v) is 6.48. The number of benzene rings is 1. The summed E-state index contributed by atoms with van der Waals surface area (Å²) in [6.45, 7) is 0. The lowest BCUT2D eigenvalue weighted by molar-refractivity contribution is 0.102. The van der Waals surface area contributed by atoms with E-state index in [2.05, 4.69) is 9.97 Å². The van der Waals surface area contributed by atoms with Crippen molar-refractivity contribution >= 4 is 44.8 Å². The van der Waals surface area contributed by atoms with E-state index >= 15 is 0 Å². The largest absolute Gasteiger partial charge is 0.506 e. The van der Waals surface area contributed by atoms with E-state index in [1.807, 2.05) is 12.1 Å². The van der Waals surface area contributed by atoms with Crippen molar-refractivity contribution in [2.75, 3.05) is 11.5 Å². The number of carbonyl (C=O) groups excluding carboxylic acids is 1. The first-order chi connectivity index (χ1) is 10.5. The van der Waals surface area contributed by atoms with Crippen LogP contribution in [0.2, 0.25) is 0 Å². The third-order valence-electron chi connectivity index (χ3n) is 2.90. The molecule has 6 nitrogen and oxygen atoms in total. The molecule has 0 spiro atoms. The summed E-state index contributed by atoms with van der Waals surface area (Å²) in [5.41, 5.74) is 5.12. The first-order valence-electron chi connectivity index (χ1n) is 6.28. The van der Waals surface area contributed by atoms with Crippen LogP contribution in [0.5, 0.6) is 5.75 Å². The average Bonchev–Trinajstić information content (AvgIpc) is 2.82. The number of rotatable bonds is 4. The molecule has 0 saturated carbocycles. The van der Waals surface area contributed by atoms with Crippen molar-refractivity contribution in [1.82, 2.24) is 9.97 Å². The number of hydrogen-bond donors (Lipinski definition) is 3. The second kappa shape index (κ2) is 5.82. The minimum Gasteiger partial charge on any atom is -0.506 e. The number of anilines is 1. The van der Waals surface area contributed by atoms with Crippen molar-refractivity contribution < 1.29 is 9.90 Å². The molecule has 22 heavy (non-hydrogen) atoms. The molecule has 0 saturated heterocycles. The highest BCUT2D eigenvalue weighted by molar-refractivity contribution is 7.99. The van der Waals surface area contributed by atoms with Crippen LogP contribution in [0.25, 0.3) is 10.1 Å². The zero-order valence-electron chi connectivity index (χ0n) is 11.2. The van der Waals surface area contributed by atoms with Gasteiger partial charge in [0.25, 0.3) is 5.56 Å². The molecule has 0 fully saturated rings. The minimum absolute atomic E-state index is 0.000211. The summed E-state index contributed by atoms with van der Waals surface area (Å²) in [5, 5.41) is 11.1. The van der Waals surface area contributed by atoms with Crippen molar-refractivity contribution in [2.24, 2.45) is 0 Å². The van der Waals surface area contributed by atoms with Crippen LogP contribution in [0, 0.1) is 0 Å². The Morgan fingerprint density at radius 2 is 2.18 bits per heavy atom. The maximum atomic E-state index is 12.3. The fourth-order valence-electron chi connectivity index (χ4n) is 1.94. The van der Waals surface area contributed by atoms with Gasteiger partial charge in [-0.2, -0.15) is 0 Å². The molecule has 0 atom stereocenters. The summed E-state index contributed by atoms with van der Waals surface area (Å²) < 4.78 is 0.851. The van der Waals surface area contributed by atoms with Crippen LogP contribution in [0.1, 0.15) is 9.67 Å². The molecule has 0 aliphatic heterocycles. The third kappa shape index (κ3) is 2.83. The Morgan fingerprint density at radius 1 is 1.41 bits per heavy atom. The van der Waals surface area contributed by atoms with Gasteiger partial charge in [-0.05, 0) is 12.1 Å². The minimum atomic E-state index is -0.368. The van der Waals surface area contributed by atoms with Crippen molar-refractivity contribution in [3.63, 3.8) is 0 Å². The number of aromatic hydroxyl groups is 1. The summed E-state index contributed by atoms with van der Waals surface area (Å²) in [6, 6.07) is 8.44. The van der Waals surface area contributed by atoms with E-state index in [9.17, 15) is 14.7 Å². The smallest absolute Gasteiger partial charge is 0.253 e. The van der Waals surface area contributed by atoms with Gasteiger partial charge in [0.1, 0.15) is 16.4 Å². The molecule has 8 heteroatoms. The van der Waals surface area contributed by atoms with Crippen molar-refractivity contribution in [3.05, 3.63) is 45.6 Å². The number of nitrogen functional groups attached to an aromatic ring is 1. The number of nitrogens with two attached hydrogens (primary N) is 1. The molecule has 0 bridgehead atoms. The molecule has 3 rings (SSSR count). The molecular formula is C14H11N3O3S2. The fraction of sp³-hybridized carbons (Fsp3) is 0.0714. The number of thiophene rings is 1. The van der Waals surface area contributed by atoms with Crippen molar-refractivity contribution in [2.45, 2.75) is 5.16 Å². The molecule has 0 aliphatic carbocycles. The van der Waals surface area contributed by atoms with Gasteiger partial charge < -0.3 is 15.8 Å². The Morgan fingerprint density at radius 3 is 2.91 bits per heavy atom. The van der Waals surface area contributed by atoms with Gasteiger partial charge in [0.2, 0.25) is 0 Å². The van der Waals surface area contributed by atoms with E-state index in [1.165, 1.54) is 17.4 Å². The molecule has 2 heterocycles. The van der Waals surface area contributed by atoms with Gasteiger partial charge in [-0.25, -0.2) is 4.98 Å². The highest BCUT2D eigenvalue weighted by atomic mass is 32.2. The lowest BCUT2D eigenvalue weighted by Gasteiger charge is -2.00. The van der Waals surface area contributed by atoms with E-state index in [1.54, 1.807) is 12.1 Å². The number of nitrogens with zero attached hydrogens (tertiary/aromatic N) is 1. The quantitative estimate of drug-likeness (QED) is 0.384. The van der Waals surface area contributed by atoms with Crippen LogP contribution in [0.4, 0.5) is 5.82 Å². The third-order valence-corrected chi connectivity index (χ3v) is 4.98. The zero-order valence-corrected chi connectivity index (χ0v) is 12.8. The highest BCUT2D eigenvalue weighted by Crippen LogP contribution is 2.37. The Bertz CT molecular complexity index is 917. The number of hydrogen-bond acceptors (Lipinski definition) is 7. The number of Topliss-reactive ketones (excluding diaryl/α,β-unsaturated/α-hetero) is 1. The van der Waals surface area contributed by atoms with Crippen LogP contribution >= 0.6 is 23.1 Å². The van der Waals surface area contributed by atoms with Crippen molar-refractivity contribution in [1.29, 1.82) is 0 Å². The molecule has 112 valence electrons. The predicted octanol–water partition coefficient (Wildman–Crippen LogP) is 2.25. The number of aromatic amines is 1. The van der Waals surface area contributed by atoms with Crippen LogP contribution < -0.4 is 11.3 Å². The summed E-state index contributed by atoms with van der Waals surface area (Å²) >= 11 is 2.31. The normalized spacial score (nSPS) is 10.9. The number of aromatic nitrogens is 2. The first kappa shape index (κ1) is 14.6. The van der Waals surface area contributed by atoms with E-state index in [0.29, 0.717) is 10.3 Å². The fourth-order valence-corrected chi connectivity index (χ4v) is 3.82. The topological polar surface area (TPSA) is 109 Å². The van der Waals surface area contributed by atoms with Gasteiger partial charge >= 0.3 is 0 Å². The zero-order chi connectivity index (χ0) is 15.7. The number of fused-ring (bicyclic) bond motifs is 1. The van der Waals surface area contributed by atoms with E-state index < -0.39 is 0 Å². The number of H-pyrrole nitrogens is 1. The van der Waals surface area contributed by atoms with Crippen molar-refractivity contribution in [3.8, 4) is 5.75 Å². The predicted molar refractivity (Wildman–Crippen MR) is 87.8 cm³/mol. The Kier molecular flexibility index (Phi) is 3.86. The summed E-state index contributed by atoms with van der Waals surface area (Å²) in [6.07, 6.45) is 0. The average molecular weight is 333 g/mol. The molecular weight excluding hydrogens is 322 g/mol. The van der Waals surface area contributed by atoms with Gasteiger partial charge in [0.15, 0.2) is 10.9 Å². The molecule has 2 aromatic heterocycles. The maximum Gasteiger partial charge on any atom is 0.253 e. The monoisotopic (exact) mass is 333 g/mol. The summed E-state index contributed by atoms with van der Waals surface area (Å²) in [7, 11) is 0. The van der Waals surface area contributed by atoms with Crippen LogP contribution in [0.3, 0.4) is 0 Å². The molecule has 1 aromatic carbocycles.